The van der Waals surface area contributed by atoms with Gasteiger partial charge in [0.2, 0.25) is 0 Å². The normalized spacial score (nSPS) is 12.4. The van der Waals surface area contributed by atoms with E-state index in [1.165, 1.54) is 48.9 Å². The van der Waals surface area contributed by atoms with E-state index >= 15 is 0 Å². The largest absolute Gasteiger partial charge is 0.308 e. The van der Waals surface area contributed by atoms with Crippen LogP contribution in [0.5, 0.6) is 0 Å². The first-order valence-electron chi connectivity index (χ1n) is 8.08. The SMILES string of the molecule is Clc1ccc2c(c1)c1c3ccccc3cc3c4ccccc4n2c31. The van der Waals surface area contributed by atoms with Crippen LogP contribution in [0.2, 0.25) is 5.02 Å². The number of aromatic nitrogens is 1. The number of halogens is 1. The minimum absolute atomic E-state index is 0.782. The highest BCUT2D eigenvalue weighted by Gasteiger charge is 2.19. The molecule has 0 atom stereocenters. The van der Waals surface area contributed by atoms with Crippen LogP contribution >= 0.6 is 11.6 Å². The summed E-state index contributed by atoms with van der Waals surface area (Å²) in [4.78, 5) is 0. The average Bonchev–Trinajstić information content (AvgIpc) is 3.12. The van der Waals surface area contributed by atoms with Gasteiger partial charge in [-0.1, -0.05) is 54.1 Å². The van der Waals surface area contributed by atoms with E-state index < -0.39 is 0 Å². The first-order chi connectivity index (χ1) is 11.8. The van der Waals surface area contributed by atoms with Crippen molar-refractivity contribution in [2.75, 3.05) is 0 Å². The molecule has 6 aromatic rings. The van der Waals surface area contributed by atoms with Crippen LogP contribution in [-0.2, 0) is 0 Å². The van der Waals surface area contributed by atoms with Gasteiger partial charge in [0.05, 0.1) is 16.6 Å². The summed E-state index contributed by atoms with van der Waals surface area (Å²) in [5, 5.41) is 8.49. The smallest absolute Gasteiger partial charge is 0.0626 e. The molecule has 0 N–H and O–H groups in total. The standard InChI is InChI=1S/C22H12ClN/c23-14-9-10-20-18(12-14)21-15-6-2-1-5-13(15)11-17-16-7-3-4-8-19(16)24(20)22(17)21/h1-12H. The summed E-state index contributed by atoms with van der Waals surface area (Å²) >= 11 is 6.33. The second-order valence-corrected chi connectivity index (χ2v) is 6.82. The van der Waals surface area contributed by atoms with Gasteiger partial charge < -0.3 is 4.40 Å². The molecule has 0 fully saturated rings. The fraction of sp³-hybridized carbons (Fsp3) is 0. The molecule has 0 spiro atoms. The molecule has 6 rings (SSSR count). The van der Waals surface area contributed by atoms with Crippen LogP contribution in [0.3, 0.4) is 0 Å². The molecule has 0 aliphatic heterocycles. The highest BCUT2D eigenvalue weighted by atomic mass is 35.5. The average molecular weight is 326 g/mol. The van der Waals surface area contributed by atoms with Crippen molar-refractivity contribution < 1.29 is 0 Å². The van der Waals surface area contributed by atoms with Gasteiger partial charge in [-0.15, -0.1) is 0 Å². The maximum absolute atomic E-state index is 6.33. The zero-order valence-corrected chi connectivity index (χ0v) is 13.5. The van der Waals surface area contributed by atoms with Gasteiger partial charge in [0, 0.05) is 26.6 Å². The van der Waals surface area contributed by atoms with E-state index in [0.29, 0.717) is 0 Å². The predicted octanol–water partition coefficient (Wildman–Crippen LogP) is 6.64. The zero-order chi connectivity index (χ0) is 15.8. The minimum Gasteiger partial charge on any atom is -0.308 e. The topological polar surface area (TPSA) is 4.41 Å². The van der Waals surface area contributed by atoms with E-state index in [9.17, 15) is 0 Å². The lowest BCUT2D eigenvalue weighted by Gasteiger charge is -2.02. The van der Waals surface area contributed by atoms with E-state index in [-0.39, 0.29) is 0 Å². The van der Waals surface area contributed by atoms with Crippen LogP contribution in [0.4, 0.5) is 0 Å². The summed E-state index contributed by atoms with van der Waals surface area (Å²) < 4.78 is 2.39. The first-order valence-corrected chi connectivity index (χ1v) is 8.46. The maximum atomic E-state index is 6.33. The van der Waals surface area contributed by atoms with Crippen molar-refractivity contribution >= 4 is 60.5 Å². The van der Waals surface area contributed by atoms with Crippen molar-refractivity contribution in [1.29, 1.82) is 0 Å². The number of hydrogen-bond donors (Lipinski definition) is 0. The van der Waals surface area contributed by atoms with Crippen LogP contribution in [0.25, 0.3) is 48.9 Å². The van der Waals surface area contributed by atoms with Crippen LogP contribution in [0.1, 0.15) is 0 Å². The van der Waals surface area contributed by atoms with E-state index in [0.717, 1.165) is 5.02 Å². The molecule has 24 heavy (non-hydrogen) atoms. The first kappa shape index (κ1) is 12.6. The molecule has 0 amide bonds. The van der Waals surface area contributed by atoms with Gasteiger partial charge in [-0.05, 0) is 41.1 Å². The summed E-state index contributed by atoms with van der Waals surface area (Å²) in [5.41, 5.74) is 3.77. The van der Waals surface area contributed by atoms with Crippen molar-refractivity contribution in [3.8, 4) is 0 Å². The Hall–Kier alpha value is -2.77. The number of rotatable bonds is 0. The molecule has 0 bridgehead atoms. The number of fused-ring (bicyclic) bond motifs is 8. The van der Waals surface area contributed by atoms with Gasteiger partial charge in [0.15, 0.2) is 0 Å². The molecule has 4 aromatic carbocycles. The fourth-order valence-electron chi connectivity index (χ4n) is 4.22. The van der Waals surface area contributed by atoms with Crippen molar-refractivity contribution in [2.24, 2.45) is 0 Å². The summed E-state index contributed by atoms with van der Waals surface area (Å²) in [5.74, 6) is 0. The van der Waals surface area contributed by atoms with Gasteiger partial charge in [0.25, 0.3) is 0 Å². The summed E-state index contributed by atoms with van der Waals surface area (Å²) in [6, 6.07) is 25.8. The Morgan fingerprint density at radius 2 is 1.38 bits per heavy atom. The number of benzene rings is 4. The summed E-state index contributed by atoms with van der Waals surface area (Å²) in [6.07, 6.45) is 0. The lowest BCUT2D eigenvalue weighted by Crippen LogP contribution is -1.79. The third-order valence-electron chi connectivity index (χ3n) is 5.15. The molecule has 1 nitrogen and oxygen atoms in total. The van der Waals surface area contributed by atoms with Gasteiger partial charge in [0.1, 0.15) is 0 Å². The Balaban J connectivity index is 2.12. The van der Waals surface area contributed by atoms with Crippen molar-refractivity contribution in [2.45, 2.75) is 0 Å². The molecular weight excluding hydrogens is 314 g/mol. The van der Waals surface area contributed by atoms with Crippen LogP contribution in [0.15, 0.2) is 72.8 Å². The summed E-state index contributed by atoms with van der Waals surface area (Å²) in [6.45, 7) is 0. The van der Waals surface area contributed by atoms with Crippen LogP contribution in [0, 0.1) is 0 Å². The van der Waals surface area contributed by atoms with Gasteiger partial charge in [-0.25, -0.2) is 0 Å². The van der Waals surface area contributed by atoms with Crippen molar-refractivity contribution in [1.82, 2.24) is 4.40 Å². The molecule has 0 radical (unpaired) electrons. The predicted molar refractivity (Wildman–Crippen MR) is 104 cm³/mol. The Bertz CT molecular complexity index is 1410. The fourth-order valence-corrected chi connectivity index (χ4v) is 4.39. The molecule has 112 valence electrons. The number of para-hydroxylation sites is 1. The Morgan fingerprint density at radius 1 is 0.625 bits per heavy atom. The molecular formula is C22H12ClN. The summed E-state index contributed by atoms with van der Waals surface area (Å²) in [7, 11) is 0. The minimum atomic E-state index is 0.782. The third kappa shape index (κ3) is 1.37. The van der Waals surface area contributed by atoms with E-state index in [1.54, 1.807) is 0 Å². The second-order valence-electron chi connectivity index (χ2n) is 6.38. The maximum Gasteiger partial charge on any atom is 0.0626 e. The molecule has 2 heterocycles. The van der Waals surface area contributed by atoms with E-state index in [4.69, 9.17) is 11.6 Å². The Kier molecular flexibility index (Phi) is 2.21. The Labute approximate surface area is 143 Å². The zero-order valence-electron chi connectivity index (χ0n) is 12.8. The number of hydrogen-bond acceptors (Lipinski definition) is 0. The third-order valence-corrected chi connectivity index (χ3v) is 5.38. The van der Waals surface area contributed by atoms with Gasteiger partial charge in [-0.3, -0.25) is 0 Å². The van der Waals surface area contributed by atoms with E-state index in [1.807, 2.05) is 6.07 Å². The molecule has 2 aromatic heterocycles. The molecule has 0 saturated heterocycles. The van der Waals surface area contributed by atoms with Crippen LogP contribution < -0.4 is 0 Å². The molecule has 0 aliphatic rings. The molecule has 2 heteroatoms. The monoisotopic (exact) mass is 325 g/mol. The van der Waals surface area contributed by atoms with Gasteiger partial charge >= 0.3 is 0 Å². The van der Waals surface area contributed by atoms with Crippen molar-refractivity contribution in [3.05, 3.63) is 77.8 Å². The van der Waals surface area contributed by atoms with Gasteiger partial charge in [-0.2, -0.15) is 0 Å². The van der Waals surface area contributed by atoms with Crippen LogP contribution in [-0.4, -0.2) is 4.40 Å². The molecule has 0 aliphatic carbocycles. The number of nitrogens with zero attached hydrogens (tertiary/aromatic N) is 1. The second kappa shape index (κ2) is 4.19. The molecule has 0 saturated carbocycles. The lowest BCUT2D eigenvalue weighted by molar-refractivity contribution is 1.37. The molecule has 0 unspecified atom stereocenters. The highest BCUT2D eigenvalue weighted by molar-refractivity contribution is 6.34. The lowest BCUT2D eigenvalue weighted by atomic mass is 10.0. The highest BCUT2D eigenvalue weighted by Crippen LogP contribution is 2.43. The van der Waals surface area contributed by atoms with Crippen molar-refractivity contribution in [3.63, 3.8) is 0 Å². The van der Waals surface area contributed by atoms with E-state index in [2.05, 4.69) is 71.1 Å². The Morgan fingerprint density at radius 3 is 2.29 bits per heavy atom. The quantitative estimate of drug-likeness (QED) is 0.295.